The van der Waals surface area contributed by atoms with Gasteiger partial charge in [-0.2, -0.15) is 0 Å². The number of fused-ring (bicyclic) bond motifs is 1. The highest BCUT2D eigenvalue weighted by atomic mass is 79.9. The second-order valence-corrected chi connectivity index (χ2v) is 7.78. The van der Waals surface area contributed by atoms with Crippen molar-refractivity contribution in [2.75, 3.05) is 5.01 Å². The zero-order valence-corrected chi connectivity index (χ0v) is 17.2. The maximum atomic E-state index is 12.7. The quantitative estimate of drug-likeness (QED) is 0.342. The number of halogens is 1. The largest absolute Gasteiger partial charge is 0.457 e. The second kappa shape index (κ2) is 7.06. The highest BCUT2D eigenvalue weighted by molar-refractivity contribution is 9.10. The van der Waals surface area contributed by atoms with E-state index in [1.54, 1.807) is 54.6 Å². The number of hydrogen-bond donors (Lipinski definition) is 2. The van der Waals surface area contributed by atoms with Crippen LogP contribution in [0.5, 0.6) is 0 Å². The van der Waals surface area contributed by atoms with E-state index >= 15 is 0 Å². The number of hydrogen-bond acceptors (Lipinski definition) is 5. The average Bonchev–Trinajstić information content (AvgIpc) is 3.42. The molecule has 0 unspecified atom stereocenters. The Morgan fingerprint density at radius 2 is 1.58 bits per heavy atom. The highest BCUT2D eigenvalue weighted by Crippen LogP contribution is 2.29. The zero-order valence-electron chi connectivity index (χ0n) is 15.6. The lowest BCUT2D eigenvalue weighted by Gasteiger charge is -2.14. The Bertz CT molecular complexity index is 1320. The number of furan rings is 1. The van der Waals surface area contributed by atoms with E-state index in [2.05, 4.69) is 26.7 Å². The van der Waals surface area contributed by atoms with E-state index in [1.807, 2.05) is 0 Å². The van der Waals surface area contributed by atoms with Crippen LogP contribution in [-0.2, 0) is 9.59 Å². The van der Waals surface area contributed by atoms with Crippen molar-refractivity contribution >= 4 is 51.3 Å². The highest BCUT2D eigenvalue weighted by Gasteiger charge is 2.34. The summed E-state index contributed by atoms with van der Waals surface area (Å²) in [5, 5.41) is 3.40. The topological polar surface area (TPSA) is 109 Å². The van der Waals surface area contributed by atoms with E-state index in [4.69, 9.17) is 4.42 Å². The number of carbonyl (C=O) groups excluding carboxylic acids is 4. The molecule has 2 aliphatic heterocycles. The van der Waals surface area contributed by atoms with Crippen LogP contribution in [0.1, 0.15) is 26.5 Å². The van der Waals surface area contributed by atoms with Crippen LogP contribution in [0.2, 0.25) is 0 Å². The van der Waals surface area contributed by atoms with Crippen molar-refractivity contribution < 1.29 is 23.6 Å². The lowest BCUT2D eigenvalue weighted by atomic mass is 10.0. The van der Waals surface area contributed by atoms with Crippen molar-refractivity contribution in [3.05, 3.63) is 81.5 Å². The molecule has 0 bridgehead atoms. The van der Waals surface area contributed by atoms with E-state index in [0.717, 1.165) is 4.47 Å². The predicted octanol–water partition coefficient (Wildman–Crippen LogP) is 3.05. The summed E-state index contributed by atoms with van der Waals surface area (Å²) in [6.45, 7) is 0. The number of rotatable bonds is 3. The molecule has 9 heteroatoms. The van der Waals surface area contributed by atoms with Gasteiger partial charge in [-0.25, -0.2) is 5.01 Å². The molecule has 3 aromatic rings. The van der Waals surface area contributed by atoms with E-state index in [9.17, 15) is 19.2 Å². The van der Waals surface area contributed by atoms with Gasteiger partial charge in [-0.3, -0.25) is 29.9 Å². The maximum Gasteiger partial charge on any atom is 0.282 e. The van der Waals surface area contributed by atoms with Crippen LogP contribution in [0.15, 0.2) is 69.1 Å². The number of nitrogens with one attached hydrogen (secondary N) is 2. The number of anilines is 1. The molecule has 2 aliphatic rings. The average molecular weight is 478 g/mol. The van der Waals surface area contributed by atoms with Crippen LogP contribution in [0.25, 0.3) is 17.4 Å². The van der Waals surface area contributed by atoms with Gasteiger partial charge in [0.1, 0.15) is 17.1 Å². The van der Waals surface area contributed by atoms with Crippen molar-refractivity contribution in [2.24, 2.45) is 0 Å². The molecule has 152 valence electrons. The predicted molar refractivity (Wildman–Crippen MR) is 114 cm³/mol. The van der Waals surface area contributed by atoms with Crippen molar-refractivity contribution in [3.63, 3.8) is 0 Å². The van der Waals surface area contributed by atoms with E-state index in [0.29, 0.717) is 28.3 Å². The number of carbonyl (C=O) groups is 4. The lowest BCUT2D eigenvalue weighted by molar-refractivity contribution is -0.117. The second-order valence-electron chi connectivity index (χ2n) is 6.86. The van der Waals surface area contributed by atoms with Crippen LogP contribution in [0.3, 0.4) is 0 Å². The first kappa shape index (κ1) is 19.0. The molecule has 0 radical (unpaired) electrons. The Hall–Kier alpha value is -3.98. The third-order valence-corrected chi connectivity index (χ3v) is 5.44. The monoisotopic (exact) mass is 477 g/mol. The van der Waals surface area contributed by atoms with Crippen molar-refractivity contribution in [2.45, 2.75) is 0 Å². The molecular formula is C22H12BrN3O5. The minimum atomic E-state index is -0.543. The molecule has 1 aromatic heterocycles. The minimum absolute atomic E-state index is 0.0669. The van der Waals surface area contributed by atoms with Gasteiger partial charge in [-0.1, -0.05) is 22.0 Å². The van der Waals surface area contributed by atoms with Crippen LogP contribution >= 0.6 is 15.9 Å². The van der Waals surface area contributed by atoms with Crippen molar-refractivity contribution in [3.8, 4) is 11.3 Å². The number of benzene rings is 2. The van der Waals surface area contributed by atoms with Gasteiger partial charge in [-0.05, 0) is 54.6 Å². The fourth-order valence-corrected chi connectivity index (χ4v) is 3.64. The molecule has 4 amide bonds. The lowest BCUT2D eigenvalue weighted by Crippen LogP contribution is -2.35. The molecule has 31 heavy (non-hydrogen) atoms. The van der Waals surface area contributed by atoms with Crippen LogP contribution in [0, 0.1) is 0 Å². The van der Waals surface area contributed by atoms with Crippen molar-refractivity contribution in [1.29, 1.82) is 0 Å². The third-order valence-electron chi connectivity index (χ3n) is 4.91. The van der Waals surface area contributed by atoms with E-state index in [1.165, 1.54) is 11.1 Å². The first-order valence-electron chi connectivity index (χ1n) is 9.13. The summed E-state index contributed by atoms with van der Waals surface area (Å²) in [6, 6.07) is 15.0. The van der Waals surface area contributed by atoms with E-state index in [-0.39, 0.29) is 11.1 Å². The summed E-state index contributed by atoms with van der Waals surface area (Å²) in [6.07, 6.45) is 1.36. The maximum absolute atomic E-state index is 12.7. The summed E-state index contributed by atoms with van der Waals surface area (Å²) in [4.78, 5) is 48.6. The Kier molecular flexibility index (Phi) is 4.33. The van der Waals surface area contributed by atoms with Crippen molar-refractivity contribution in [1.82, 2.24) is 10.7 Å². The van der Waals surface area contributed by atoms with Gasteiger partial charge >= 0.3 is 0 Å². The molecule has 0 saturated carbocycles. The Labute approximate surface area is 183 Å². The number of nitrogens with zero attached hydrogens (tertiary/aromatic N) is 1. The normalized spacial score (nSPS) is 16.7. The molecule has 0 spiro atoms. The van der Waals surface area contributed by atoms with E-state index < -0.39 is 23.6 Å². The molecule has 0 aliphatic carbocycles. The summed E-state index contributed by atoms with van der Waals surface area (Å²) in [5.74, 6) is -1.21. The van der Waals surface area contributed by atoms with Gasteiger partial charge in [-0.15, -0.1) is 0 Å². The molecular weight excluding hydrogens is 466 g/mol. The van der Waals surface area contributed by atoms with Crippen LogP contribution in [-0.4, -0.2) is 23.6 Å². The van der Waals surface area contributed by atoms with Gasteiger partial charge in [0.05, 0.1) is 16.8 Å². The van der Waals surface area contributed by atoms with Gasteiger partial charge < -0.3 is 4.42 Å². The standard InChI is InChI=1S/C22H12BrN3O5/c23-12-2-4-13(5-3-12)26-22(30)17(21(29)25-26)10-14-6-8-18(31-14)11-1-7-15-16(9-11)20(28)24-19(15)27/h1-10H,(H,25,29)(H,24,27,28)/b17-10+. The smallest absolute Gasteiger partial charge is 0.282 e. The molecule has 1 saturated heterocycles. The number of hydrazine groups is 1. The Morgan fingerprint density at radius 3 is 2.35 bits per heavy atom. The Morgan fingerprint density at radius 1 is 0.839 bits per heavy atom. The molecule has 0 atom stereocenters. The van der Waals surface area contributed by atoms with Gasteiger partial charge in [0.25, 0.3) is 23.6 Å². The van der Waals surface area contributed by atoms with Crippen LogP contribution in [0.4, 0.5) is 5.69 Å². The first-order valence-corrected chi connectivity index (χ1v) is 9.92. The Balaban J connectivity index is 1.43. The van der Waals surface area contributed by atoms with Gasteiger partial charge in [0.2, 0.25) is 0 Å². The molecule has 1 fully saturated rings. The fourth-order valence-electron chi connectivity index (χ4n) is 3.38. The zero-order chi connectivity index (χ0) is 21.7. The number of amides is 4. The third kappa shape index (κ3) is 3.24. The molecule has 8 nitrogen and oxygen atoms in total. The van der Waals surface area contributed by atoms with Crippen LogP contribution < -0.4 is 15.8 Å². The molecule has 2 N–H and O–H groups in total. The summed E-state index contributed by atoms with van der Waals surface area (Å²) in [5.41, 5.74) is 4.16. The molecule has 2 aromatic carbocycles. The molecule has 5 rings (SSSR count). The summed E-state index contributed by atoms with van der Waals surface area (Å²) < 4.78 is 6.61. The minimum Gasteiger partial charge on any atom is -0.457 e. The fraction of sp³-hybridized carbons (Fsp3) is 0. The summed E-state index contributed by atoms with van der Waals surface area (Å²) >= 11 is 3.33. The van der Waals surface area contributed by atoms with Gasteiger partial charge in [0.15, 0.2) is 0 Å². The SMILES string of the molecule is O=C1NN(c2ccc(Br)cc2)C(=O)/C1=C/c1ccc(-c2ccc3c(c2)C(=O)NC3=O)o1. The molecule has 3 heterocycles. The number of imide groups is 1. The van der Waals surface area contributed by atoms with Gasteiger partial charge in [0, 0.05) is 10.0 Å². The first-order chi connectivity index (χ1) is 14.9. The summed E-state index contributed by atoms with van der Waals surface area (Å²) in [7, 11) is 0.